The van der Waals surface area contributed by atoms with Gasteiger partial charge in [0, 0.05) is 16.1 Å². The Kier molecular flexibility index (Phi) is 3.86. The van der Waals surface area contributed by atoms with E-state index in [2.05, 4.69) is 36.8 Å². The molecule has 0 amide bonds. The molecule has 0 spiro atoms. The number of benzene rings is 1. The Morgan fingerprint density at radius 1 is 1.22 bits per heavy atom. The Hall–Kier alpha value is -0.755. The van der Waals surface area contributed by atoms with Crippen LogP contribution in [0.25, 0.3) is 10.9 Å². The van der Waals surface area contributed by atoms with Crippen LogP contribution in [0, 0.1) is 0 Å². The highest BCUT2D eigenvalue weighted by molar-refractivity contribution is 9.11. The summed E-state index contributed by atoms with van der Waals surface area (Å²) in [5.41, 5.74) is 0.388. The molecule has 8 heteroatoms. The van der Waals surface area contributed by atoms with E-state index in [1.807, 2.05) is 0 Å². The van der Waals surface area contributed by atoms with E-state index in [0.717, 1.165) is 4.47 Å². The molecule has 1 aromatic heterocycles. The van der Waals surface area contributed by atoms with Gasteiger partial charge in [-0.2, -0.15) is 0 Å². The lowest BCUT2D eigenvalue weighted by molar-refractivity contribution is 0.314. The van der Waals surface area contributed by atoms with E-state index in [9.17, 15) is 12.9 Å². The van der Waals surface area contributed by atoms with Gasteiger partial charge in [-0.15, -0.1) is 0 Å². The standard InChI is InChI=1S/C10H6BBr2F3NO/c12-7-4-8(13)10(18-5-11(14,15)16)9-6(7)2-1-3-17-9/h1-4H,5H2/q-1. The largest absolute Gasteiger partial charge is 0.519 e. The molecule has 0 N–H and O–H groups in total. The van der Waals surface area contributed by atoms with Crippen molar-refractivity contribution in [2.45, 2.75) is 0 Å². The number of nitrogens with zero attached hydrogens (tertiary/aromatic N) is 1. The van der Waals surface area contributed by atoms with Gasteiger partial charge < -0.3 is 17.7 Å². The molecule has 1 aromatic carbocycles. The predicted molar refractivity (Wildman–Crippen MR) is 71.7 cm³/mol. The van der Waals surface area contributed by atoms with Gasteiger partial charge in [0.15, 0.2) is 5.75 Å². The van der Waals surface area contributed by atoms with Crippen LogP contribution >= 0.6 is 31.9 Å². The van der Waals surface area contributed by atoms with Crippen molar-refractivity contribution in [3.63, 3.8) is 0 Å². The van der Waals surface area contributed by atoms with E-state index in [1.165, 1.54) is 6.20 Å². The lowest BCUT2D eigenvalue weighted by Crippen LogP contribution is -2.26. The normalized spacial score (nSPS) is 11.8. The van der Waals surface area contributed by atoms with Gasteiger partial charge in [0.05, 0.1) is 11.0 Å². The second-order valence-corrected chi connectivity index (χ2v) is 5.30. The highest BCUT2D eigenvalue weighted by atomic mass is 79.9. The topological polar surface area (TPSA) is 22.1 Å². The molecule has 0 aliphatic heterocycles. The quantitative estimate of drug-likeness (QED) is 0.727. The summed E-state index contributed by atoms with van der Waals surface area (Å²) in [6.07, 6.45) is 1.51. The summed E-state index contributed by atoms with van der Waals surface area (Å²) in [6, 6.07) is 5.10. The summed E-state index contributed by atoms with van der Waals surface area (Å²) in [6.45, 7) is -6.28. The SMILES string of the molecule is F[B-](F)(F)COc1c(Br)cc(Br)c2cccnc12. The summed E-state index contributed by atoms with van der Waals surface area (Å²) in [5.74, 6) is 0.105. The van der Waals surface area contributed by atoms with Crippen molar-refractivity contribution in [3.8, 4) is 5.75 Å². The number of hydrogen-bond donors (Lipinski definition) is 0. The first-order chi connectivity index (χ1) is 8.38. The molecular weight excluding hydrogens is 378 g/mol. The summed E-state index contributed by atoms with van der Waals surface area (Å²) >= 11 is 6.51. The van der Waals surface area contributed by atoms with Gasteiger partial charge in [0.25, 0.3) is 0 Å². The first-order valence-corrected chi connectivity index (χ1v) is 6.53. The highest BCUT2D eigenvalue weighted by Crippen LogP contribution is 2.37. The molecule has 0 bridgehead atoms. The molecule has 1 heterocycles. The molecule has 0 aliphatic carbocycles. The van der Waals surface area contributed by atoms with Gasteiger partial charge in [-0.3, -0.25) is 4.98 Å². The molecule has 0 unspecified atom stereocenters. The van der Waals surface area contributed by atoms with Crippen molar-refractivity contribution in [2.24, 2.45) is 0 Å². The minimum Gasteiger partial charge on any atom is -0.519 e. The van der Waals surface area contributed by atoms with Crippen molar-refractivity contribution in [1.82, 2.24) is 4.98 Å². The average molecular weight is 384 g/mol. The second kappa shape index (κ2) is 5.09. The Balaban J connectivity index is 2.49. The third kappa shape index (κ3) is 2.98. The van der Waals surface area contributed by atoms with E-state index in [-0.39, 0.29) is 5.75 Å². The summed E-state index contributed by atoms with van der Waals surface area (Å²) in [4.78, 5) is 4.06. The molecule has 2 aromatic rings. The molecule has 0 aliphatic rings. The van der Waals surface area contributed by atoms with Gasteiger partial charge in [-0.05, 0) is 28.1 Å². The maximum atomic E-state index is 12.2. The summed E-state index contributed by atoms with van der Waals surface area (Å²) in [7, 11) is 0. The minimum atomic E-state index is -5.00. The van der Waals surface area contributed by atoms with Crippen LogP contribution in [0.4, 0.5) is 12.9 Å². The predicted octanol–water partition coefficient (Wildman–Crippen LogP) is 4.53. The van der Waals surface area contributed by atoms with Crippen LogP contribution in [0.15, 0.2) is 33.3 Å². The van der Waals surface area contributed by atoms with Crippen molar-refractivity contribution >= 4 is 49.7 Å². The minimum absolute atomic E-state index is 0.105. The molecule has 96 valence electrons. The van der Waals surface area contributed by atoms with Crippen LogP contribution in [0.2, 0.25) is 0 Å². The van der Waals surface area contributed by atoms with Gasteiger partial charge in [0.2, 0.25) is 0 Å². The second-order valence-electron chi connectivity index (χ2n) is 3.59. The number of rotatable bonds is 3. The Bertz CT molecular complexity index is 591. The third-order valence-corrected chi connectivity index (χ3v) is 3.41. The molecule has 18 heavy (non-hydrogen) atoms. The zero-order chi connectivity index (χ0) is 13.3. The van der Waals surface area contributed by atoms with Gasteiger partial charge >= 0.3 is 6.98 Å². The molecule has 0 radical (unpaired) electrons. The number of pyridine rings is 1. The number of fused-ring (bicyclic) bond motifs is 1. The fourth-order valence-corrected chi connectivity index (χ4v) is 2.85. The van der Waals surface area contributed by atoms with Crippen molar-refractivity contribution in [1.29, 1.82) is 0 Å². The molecule has 0 saturated heterocycles. The fourth-order valence-electron chi connectivity index (χ4n) is 1.46. The molecule has 2 nitrogen and oxygen atoms in total. The number of aromatic nitrogens is 1. The smallest absolute Gasteiger partial charge is 0.515 e. The Labute approximate surface area is 118 Å². The number of halogens is 5. The Morgan fingerprint density at radius 3 is 2.61 bits per heavy atom. The maximum Gasteiger partial charge on any atom is 0.515 e. The first-order valence-electron chi connectivity index (χ1n) is 4.95. The maximum absolute atomic E-state index is 12.2. The van der Waals surface area contributed by atoms with E-state index >= 15 is 0 Å². The van der Waals surface area contributed by atoms with E-state index in [0.29, 0.717) is 15.4 Å². The summed E-state index contributed by atoms with van der Waals surface area (Å²) in [5, 5.41) is 0.699. The molecular formula is C10H6BBr2F3NO-. The average Bonchev–Trinajstić information content (AvgIpc) is 2.27. The fraction of sp³-hybridized carbons (Fsp3) is 0.100. The van der Waals surface area contributed by atoms with Crippen LogP contribution < -0.4 is 4.74 Å². The van der Waals surface area contributed by atoms with Crippen molar-refractivity contribution in [3.05, 3.63) is 33.3 Å². The molecule has 2 rings (SSSR count). The molecule has 0 fully saturated rings. The lowest BCUT2D eigenvalue weighted by atomic mass is 9.95. The molecule has 0 saturated carbocycles. The monoisotopic (exact) mass is 382 g/mol. The van der Waals surface area contributed by atoms with Crippen LogP contribution in [-0.4, -0.2) is 18.5 Å². The zero-order valence-electron chi connectivity index (χ0n) is 8.84. The Morgan fingerprint density at radius 2 is 1.94 bits per heavy atom. The van der Waals surface area contributed by atoms with E-state index < -0.39 is 13.5 Å². The number of hydrogen-bond acceptors (Lipinski definition) is 2. The van der Waals surface area contributed by atoms with Crippen LogP contribution in [0.5, 0.6) is 5.75 Å². The van der Waals surface area contributed by atoms with Gasteiger partial charge in [-0.1, -0.05) is 22.0 Å². The molecule has 0 atom stereocenters. The van der Waals surface area contributed by atoms with Crippen LogP contribution in [0.1, 0.15) is 0 Å². The third-order valence-electron chi connectivity index (χ3n) is 2.17. The zero-order valence-corrected chi connectivity index (χ0v) is 12.0. The van der Waals surface area contributed by atoms with Crippen LogP contribution in [0.3, 0.4) is 0 Å². The first kappa shape index (κ1) is 13.7. The van der Waals surface area contributed by atoms with E-state index in [1.54, 1.807) is 18.2 Å². The highest BCUT2D eigenvalue weighted by Gasteiger charge is 2.25. The van der Waals surface area contributed by atoms with Crippen molar-refractivity contribution < 1.29 is 17.7 Å². The van der Waals surface area contributed by atoms with Crippen LogP contribution in [-0.2, 0) is 0 Å². The van der Waals surface area contributed by atoms with Gasteiger partial charge in [-0.25, -0.2) is 0 Å². The van der Waals surface area contributed by atoms with E-state index in [4.69, 9.17) is 4.74 Å². The summed E-state index contributed by atoms with van der Waals surface area (Å²) < 4.78 is 42.7. The van der Waals surface area contributed by atoms with Crippen molar-refractivity contribution in [2.75, 3.05) is 6.51 Å². The lowest BCUT2D eigenvalue weighted by Gasteiger charge is -2.17. The van der Waals surface area contributed by atoms with Gasteiger partial charge in [0.1, 0.15) is 5.52 Å². The number of ether oxygens (including phenoxy) is 1.